The summed E-state index contributed by atoms with van der Waals surface area (Å²) < 4.78 is 95.1. The van der Waals surface area contributed by atoms with Gasteiger partial charge in [0, 0.05) is 5.56 Å². The summed E-state index contributed by atoms with van der Waals surface area (Å²) in [6.45, 7) is 0. The summed E-state index contributed by atoms with van der Waals surface area (Å²) in [5.41, 5.74) is -0.613. The van der Waals surface area contributed by atoms with E-state index in [1.807, 2.05) is 0 Å². The van der Waals surface area contributed by atoms with Gasteiger partial charge in [-0.1, -0.05) is 12.2 Å². The fourth-order valence-corrected chi connectivity index (χ4v) is 4.93. The lowest BCUT2D eigenvalue weighted by Crippen LogP contribution is -2.15. The second-order valence-corrected chi connectivity index (χ2v) is 8.26. The van der Waals surface area contributed by atoms with Crippen LogP contribution in [-0.2, 0) is 36.8 Å². The van der Waals surface area contributed by atoms with Crippen molar-refractivity contribution in [3.05, 3.63) is 23.3 Å². The Bertz CT molecular complexity index is 966. The van der Waals surface area contributed by atoms with Crippen molar-refractivity contribution >= 4 is 36.4 Å². The minimum absolute atomic E-state index is 0.198. The molecule has 0 heterocycles. The lowest BCUT2D eigenvalue weighted by Gasteiger charge is -2.13. The van der Waals surface area contributed by atoms with Gasteiger partial charge in [0.1, 0.15) is 14.7 Å². The van der Waals surface area contributed by atoms with Gasteiger partial charge in [0.05, 0.1) is 0 Å². The molecule has 0 amide bonds. The van der Waals surface area contributed by atoms with Crippen LogP contribution in [0, 0.1) is 0 Å². The molecule has 0 aromatic heterocycles. The molecule has 1 aromatic carbocycles. The lowest BCUT2D eigenvalue weighted by molar-refractivity contribution is 0.463. The van der Waals surface area contributed by atoms with Gasteiger partial charge in [-0.2, -0.15) is 25.3 Å². The van der Waals surface area contributed by atoms with Crippen LogP contribution in [0.5, 0.6) is 0 Å². The molecule has 116 valence electrons. The molecule has 2 rings (SSSR count). The first-order valence-electron chi connectivity index (χ1n) is 5.12. The molecule has 0 saturated heterocycles. The third-order valence-corrected chi connectivity index (χ3v) is 5.65. The third-order valence-electron chi connectivity index (χ3n) is 2.77. The van der Waals surface area contributed by atoms with E-state index < -0.39 is 45.0 Å². The maximum atomic E-state index is 11.4. The van der Waals surface area contributed by atoms with Gasteiger partial charge in [-0.05, 0) is 18.1 Å². The van der Waals surface area contributed by atoms with E-state index in [9.17, 15) is 25.3 Å². The van der Waals surface area contributed by atoms with Gasteiger partial charge >= 0.3 is 0 Å². The summed E-state index contributed by atoms with van der Waals surface area (Å²) in [5.74, 6) is 0. The van der Waals surface area contributed by atoms with Gasteiger partial charge in [0.25, 0.3) is 30.4 Å². The SMILES string of the molecule is O=S(=O)(O)c1cc(S(=O)(=O)O)c(S(=O)(=O)O)c2c1C=CC2. The molecule has 0 radical (unpaired) electrons. The van der Waals surface area contributed by atoms with E-state index in [0.717, 1.165) is 6.08 Å². The smallest absolute Gasteiger partial charge is 0.282 e. The second-order valence-electron chi connectivity index (χ2n) is 4.13. The summed E-state index contributed by atoms with van der Waals surface area (Å²) in [4.78, 5) is -3.32. The van der Waals surface area contributed by atoms with Crippen LogP contribution in [0.15, 0.2) is 26.8 Å². The van der Waals surface area contributed by atoms with E-state index in [0.29, 0.717) is 0 Å². The van der Waals surface area contributed by atoms with E-state index in [1.165, 1.54) is 6.08 Å². The third kappa shape index (κ3) is 2.86. The average Bonchev–Trinajstić information content (AvgIpc) is 2.70. The van der Waals surface area contributed by atoms with Crippen LogP contribution in [0.25, 0.3) is 6.08 Å². The average molecular weight is 356 g/mol. The van der Waals surface area contributed by atoms with Crippen molar-refractivity contribution in [2.45, 2.75) is 21.1 Å². The zero-order chi connectivity index (χ0) is 16.2. The Balaban J connectivity index is 3.11. The fraction of sp³-hybridized carbons (Fsp3) is 0.111. The summed E-state index contributed by atoms with van der Waals surface area (Å²) >= 11 is 0. The zero-order valence-corrected chi connectivity index (χ0v) is 12.4. The Kier molecular flexibility index (Phi) is 3.51. The largest absolute Gasteiger partial charge is 0.296 e. The molecule has 1 aromatic rings. The van der Waals surface area contributed by atoms with Crippen molar-refractivity contribution in [1.29, 1.82) is 0 Å². The van der Waals surface area contributed by atoms with E-state index in [4.69, 9.17) is 13.7 Å². The highest BCUT2D eigenvalue weighted by atomic mass is 32.2. The van der Waals surface area contributed by atoms with Gasteiger partial charge in [-0.15, -0.1) is 0 Å². The predicted molar refractivity (Wildman–Crippen MR) is 68.6 cm³/mol. The molecule has 0 aliphatic heterocycles. The minimum Gasteiger partial charge on any atom is -0.282 e. The topological polar surface area (TPSA) is 163 Å². The van der Waals surface area contributed by atoms with Gasteiger partial charge in [0.15, 0.2) is 0 Å². The van der Waals surface area contributed by atoms with Crippen molar-refractivity contribution in [2.24, 2.45) is 0 Å². The number of hydrogen-bond donors (Lipinski definition) is 3. The van der Waals surface area contributed by atoms with Crippen molar-refractivity contribution < 1.29 is 38.9 Å². The summed E-state index contributed by atoms with van der Waals surface area (Å²) in [6, 6.07) is 0.280. The monoisotopic (exact) mass is 356 g/mol. The van der Waals surface area contributed by atoms with Crippen molar-refractivity contribution in [1.82, 2.24) is 0 Å². The number of rotatable bonds is 3. The molecule has 0 unspecified atom stereocenters. The molecule has 12 heteroatoms. The van der Waals surface area contributed by atoms with E-state index >= 15 is 0 Å². The number of fused-ring (bicyclic) bond motifs is 1. The van der Waals surface area contributed by atoms with E-state index in [2.05, 4.69) is 0 Å². The minimum atomic E-state index is -5.16. The van der Waals surface area contributed by atoms with Gasteiger partial charge in [0.2, 0.25) is 0 Å². The van der Waals surface area contributed by atoms with Crippen LogP contribution >= 0.6 is 0 Å². The molecule has 0 spiro atoms. The summed E-state index contributed by atoms with van der Waals surface area (Å²) in [5, 5.41) is 0. The first-order valence-corrected chi connectivity index (χ1v) is 9.44. The van der Waals surface area contributed by atoms with Crippen LogP contribution in [0.4, 0.5) is 0 Å². The molecule has 3 N–H and O–H groups in total. The van der Waals surface area contributed by atoms with Gasteiger partial charge in [-0.25, -0.2) is 0 Å². The molecule has 21 heavy (non-hydrogen) atoms. The fourth-order valence-electron chi connectivity index (χ4n) is 2.05. The van der Waals surface area contributed by atoms with E-state index in [1.54, 1.807) is 0 Å². The quantitative estimate of drug-likeness (QED) is 0.632. The Hall–Kier alpha value is -1.31. The lowest BCUT2D eigenvalue weighted by atomic mass is 10.1. The highest BCUT2D eigenvalue weighted by Gasteiger charge is 2.34. The van der Waals surface area contributed by atoms with Crippen LogP contribution in [0.2, 0.25) is 0 Å². The first-order chi connectivity index (χ1) is 9.33. The van der Waals surface area contributed by atoms with Gasteiger partial charge in [-0.3, -0.25) is 13.7 Å². The Morgan fingerprint density at radius 2 is 1.33 bits per heavy atom. The van der Waals surface area contributed by atoms with Crippen LogP contribution in [0.1, 0.15) is 11.1 Å². The zero-order valence-electron chi connectivity index (χ0n) is 9.96. The maximum absolute atomic E-state index is 11.4. The van der Waals surface area contributed by atoms with Crippen molar-refractivity contribution in [3.8, 4) is 0 Å². The molecule has 0 bridgehead atoms. The molecular weight excluding hydrogens is 348 g/mol. The van der Waals surface area contributed by atoms with Crippen molar-refractivity contribution in [2.75, 3.05) is 0 Å². The highest BCUT2D eigenvalue weighted by molar-refractivity contribution is 7.89. The normalized spacial score (nSPS) is 15.2. The molecular formula is C9H8O9S3. The molecule has 9 nitrogen and oxygen atoms in total. The molecule has 0 saturated carbocycles. The number of benzene rings is 1. The molecule has 0 atom stereocenters. The summed E-state index contributed by atoms with van der Waals surface area (Å²) in [6.07, 6.45) is 2.26. The standard InChI is InChI=1S/C9H8O9S3/c10-19(11,12)7-4-8(20(13,14)15)9(21(16,17)18)6-3-1-2-5(6)7/h1-2,4H,3H2,(H,10,11,12)(H,13,14,15)(H,16,17,18). The second kappa shape index (κ2) is 4.59. The first kappa shape index (κ1) is 16.1. The van der Waals surface area contributed by atoms with Crippen molar-refractivity contribution in [3.63, 3.8) is 0 Å². The molecule has 0 fully saturated rings. The Morgan fingerprint density at radius 3 is 1.76 bits per heavy atom. The van der Waals surface area contributed by atoms with Crippen LogP contribution in [-0.4, -0.2) is 38.9 Å². The summed E-state index contributed by atoms with van der Waals surface area (Å²) in [7, 11) is -15.1. The predicted octanol–water partition coefficient (Wildman–Crippen LogP) is -0.00400. The van der Waals surface area contributed by atoms with Crippen LogP contribution < -0.4 is 0 Å². The highest BCUT2D eigenvalue weighted by Crippen LogP contribution is 2.36. The Morgan fingerprint density at radius 1 is 0.810 bits per heavy atom. The van der Waals surface area contributed by atoms with Gasteiger partial charge < -0.3 is 0 Å². The maximum Gasteiger partial charge on any atom is 0.296 e. The number of allylic oxidation sites excluding steroid dienone is 1. The Labute approximate surface area is 120 Å². The van der Waals surface area contributed by atoms with E-state index in [-0.39, 0.29) is 23.6 Å². The molecule has 1 aliphatic rings. The van der Waals surface area contributed by atoms with Crippen LogP contribution in [0.3, 0.4) is 0 Å². The number of hydrogen-bond acceptors (Lipinski definition) is 6. The molecule has 1 aliphatic carbocycles.